The van der Waals surface area contributed by atoms with Crippen LogP contribution >= 0.6 is 58.0 Å². The Labute approximate surface area is 161 Å². The molecule has 128 valence electrons. The Bertz CT molecular complexity index is 771. The van der Waals surface area contributed by atoms with Gasteiger partial charge in [-0.05, 0) is 34.8 Å². The molecule has 7 nitrogen and oxygen atoms in total. The van der Waals surface area contributed by atoms with Gasteiger partial charge in [0.2, 0.25) is 10.6 Å². The molecule has 0 aliphatic heterocycles. The van der Waals surface area contributed by atoms with Crippen LogP contribution in [0.3, 0.4) is 0 Å². The van der Waals surface area contributed by atoms with Gasteiger partial charge in [-0.1, -0.05) is 23.2 Å². The molecule has 0 saturated heterocycles. The molecule has 24 heavy (non-hydrogen) atoms. The van der Waals surface area contributed by atoms with Crippen molar-refractivity contribution in [3.63, 3.8) is 0 Å². The number of aromatic nitrogens is 4. The minimum absolute atomic E-state index is 0.0170. The van der Waals surface area contributed by atoms with Crippen LogP contribution in [0.1, 0.15) is 20.7 Å². The first-order valence-corrected chi connectivity index (χ1v) is 7.80. The van der Waals surface area contributed by atoms with Crippen LogP contribution in [0.5, 0.6) is 0 Å². The average Bonchev–Trinajstić information content (AvgIpc) is 2.46. The van der Waals surface area contributed by atoms with Crippen LogP contribution in [0.4, 0.5) is 0 Å². The molecule has 1 amide bonds. The molecular formula is C12H8Cl5N5O2. The Morgan fingerprint density at radius 2 is 1.29 bits per heavy atom. The van der Waals surface area contributed by atoms with E-state index in [2.05, 4.69) is 19.9 Å². The van der Waals surface area contributed by atoms with Crippen LogP contribution in [0.15, 0.2) is 12.4 Å². The number of nitrogens with zero attached hydrogens (tertiary/aromatic N) is 5. The summed E-state index contributed by atoms with van der Waals surface area (Å²) < 4.78 is 0. The van der Waals surface area contributed by atoms with Gasteiger partial charge in [-0.25, -0.2) is 19.9 Å². The summed E-state index contributed by atoms with van der Waals surface area (Å²) in [5.41, 5.74) is 0.300. The summed E-state index contributed by atoms with van der Waals surface area (Å²) in [5, 5.41) is -0.660. The number of amides is 1. The highest BCUT2D eigenvalue weighted by Gasteiger charge is 2.14. The second-order valence-corrected chi connectivity index (χ2v) is 5.90. The van der Waals surface area contributed by atoms with Gasteiger partial charge in [0.05, 0.1) is 11.1 Å². The number of carbonyl (C=O) groups excluding carboxylic acids is 2. The molecule has 0 aliphatic carbocycles. The predicted octanol–water partition coefficient (Wildman–Crippen LogP) is 3.65. The molecule has 0 fully saturated rings. The summed E-state index contributed by atoms with van der Waals surface area (Å²) >= 11 is 27.1. The van der Waals surface area contributed by atoms with Crippen LogP contribution in [0, 0.1) is 0 Å². The van der Waals surface area contributed by atoms with E-state index in [9.17, 15) is 9.59 Å². The van der Waals surface area contributed by atoms with Crippen molar-refractivity contribution in [3.05, 3.63) is 44.4 Å². The standard InChI is InChI=1S/C7H7Cl2N3O.C5HCl3N2O/c1-12(2)6(13)4-3-10-7(9)11-5(4)8;6-3-2(4(7)11)1-9-5(8)10-3/h3H,1-2H3;1H. The fourth-order valence-electron chi connectivity index (χ4n) is 1.20. The Kier molecular flexibility index (Phi) is 8.05. The van der Waals surface area contributed by atoms with Gasteiger partial charge in [0.15, 0.2) is 0 Å². The molecular weight excluding hydrogens is 423 g/mol. The molecule has 0 bridgehead atoms. The number of hydrogen-bond acceptors (Lipinski definition) is 6. The number of hydrogen-bond donors (Lipinski definition) is 0. The fraction of sp³-hybridized carbons (Fsp3) is 0.167. The lowest BCUT2D eigenvalue weighted by atomic mass is 10.3. The van der Waals surface area contributed by atoms with Crippen LogP contribution in [0.25, 0.3) is 0 Å². The van der Waals surface area contributed by atoms with E-state index in [4.69, 9.17) is 58.0 Å². The van der Waals surface area contributed by atoms with Gasteiger partial charge in [-0.15, -0.1) is 0 Å². The van der Waals surface area contributed by atoms with Crippen molar-refractivity contribution < 1.29 is 9.59 Å². The van der Waals surface area contributed by atoms with Crippen molar-refractivity contribution >= 4 is 69.2 Å². The zero-order chi connectivity index (χ0) is 18.4. The van der Waals surface area contributed by atoms with Crippen molar-refractivity contribution in [1.29, 1.82) is 0 Å². The fourth-order valence-corrected chi connectivity index (χ4v) is 2.16. The van der Waals surface area contributed by atoms with Crippen molar-refractivity contribution in [3.8, 4) is 0 Å². The molecule has 0 unspecified atom stereocenters. The Hall–Kier alpha value is -1.25. The van der Waals surface area contributed by atoms with Gasteiger partial charge in [0.25, 0.3) is 11.1 Å². The van der Waals surface area contributed by atoms with Gasteiger partial charge in [0, 0.05) is 26.5 Å². The van der Waals surface area contributed by atoms with Crippen LogP contribution in [-0.2, 0) is 0 Å². The maximum absolute atomic E-state index is 11.4. The predicted molar refractivity (Wildman–Crippen MR) is 92.3 cm³/mol. The van der Waals surface area contributed by atoms with Gasteiger partial charge in [-0.3, -0.25) is 9.59 Å². The van der Waals surface area contributed by atoms with E-state index < -0.39 is 5.24 Å². The molecule has 0 N–H and O–H groups in total. The molecule has 0 spiro atoms. The molecule has 2 aromatic rings. The highest BCUT2D eigenvalue weighted by molar-refractivity contribution is 6.68. The molecule has 0 radical (unpaired) electrons. The van der Waals surface area contributed by atoms with Gasteiger partial charge >= 0.3 is 0 Å². The molecule has 2 heterocycles. The molecule has 0 aromatic carbocycles. The Balaban J connectivity index is 0.000000243. The highest BCUT2D eigenvalue weighted by Crippen LogP contribution is 2.16. The normalized spacial score (nSPS) is 9.79. The van der Waals surface area contributed by atoms with E-state index in [1.807, 2.05) is 0 Å². The topological polar surface area (TPSA) is 88.9 Å². The average molecular weight is 431 g/mol. The lowest BCUT2D eigenvalue weighted by Crippen LogP contribution is -2.22. The van der Waals surface area contributed by atoms with Crippen LogP contribution in [-0.4, -0.2) is 50.1 Å². The first kappa shape index (κ1) is 20.8. The second kappa shape index (κ2) is 9.29. The minimum Gasteiger partial charge on any atom is -0.345 e. The quantitative estimate of drug-likeness (QED) is 0.410. The summed E-state index contributed by atoms with van der Waals surface area (Å²) in [6.07, 6.45) is 2.48. The molecule has 2 aromatic heterocycles. The highest BCUT2D eigenvalue weighted by atomic mass is 35.5. The van der Waals surface area contributed by atoms with E-state index in [0.29, 0.717) is 0 Å². The lowest BCUT2D eigenvalue weighted by Gasteiger charge is -2.10. The van der Waals surface area contributed by atoms with Crippen molar-refractivity contribution in [2.24, 2.45) is 0 Å². The van der Waals surface area contributed by atoms with Crippen LogP contribution < -0.4 is 0 Å². The molecule has 0 aliphatic rings. The summed E-state index contributed by atoms with van der Waals surface area (Å²) in [6, 6.07) is 0. The number of halogens is 5. The van der Waals surface area contributed by atoms with Crippen LogP contribution in [0.2, 0.25) is 20.9 Å². The third kappa shape index (κ3) is 5.99. The zero-order valence-corrected chi connectivity index (χ0v) is 15.9. The van der Waals surface area contributed by atoms with Gasteiger partial charge in [-0.2, -0.15) is 0 Å². The number of rotatable bonds is 2. The van der Waals surface area contributed by atoms with E-state index >= 15 is 0 Å². The largest absolute Gasteiger partial charge is 0.345 e. The monoisotopic (exact) mass is 429 g/mol. The Morgan fingerprint density at radius 3 is 1.62 bits per heavy atom. The molecule has 0 atom stereocenters. The van der Waals surface area contributed by atoms with E-state index in [1.54, 1.807) is 14.1 Å². The van der Waals surface area contributed by atoms with Gasteiger partial charge in [0.1, 0.15) is 10.3 Å². The summed E-state index contributed by atoms with van der Waals surface area (Å²) in [7, 11) is 3.24. The van der Waals surface area contributed by atoms with E-state index in [-0.39, 0.29) is 37.9 Å². The second-order valence-electron chi connectivity index (χ2n) is 4.16. The van der Waals surface area contributed by atoms with E-state index in [0.717, 1.165) is 0 Å². The van der Waals surface area contributed by atoms with Crippen molar-refractivity contribution in [2.45, 2.75) is 0 Å². The maximum atomic E-state index is 11.4. The summed E-state index contributed by atoms with van der Waals surface area (Å²) in [4.78, 5) is 37.7. The third-order valence-electron chi connectivity index (χ3n) is 2.27. The zero-order valence-electron chi connectivity index (χ0n) is 12.1. The minimum atomic E-state index is -0.702. The third-order valence-corrected chi connectivity index (χ3v) is 3.42. The first-order valence-electron chi connectivity index (χ1n) is 5.91. The summed E-state index contributed by atoms with van der Waals surface area (Å²) in [6.45, 7) is 0. The first-order chi connectivity index (χ1) is 11.1. The molecule has 12 heteroatoms. The molecule has 0 saturated carbocycles. The molecule has 2 rings (SSSR count). The van der Waals surface area contributed by atoms with Crippen molar-refractivity contribution in [2.75, 3.05) is 14.1 Å². The Morgan fingerprint density at radius 1 is 0.875 bits per heavy atom. The lowest BCUT2D eigenvalue weighted by molar-refractivity contribution is 0.0826. The van der Waals surface area contributed by atoms with Gasteiger partial charge < -0.3 is 4.90 Å². The smallest absolute Gasteiger partial charge is 0.258 e. The number of carbonyl (C=O) groups is 2. The van der Waals surface area contributed by atoms with Crippen molar-refractivity contribution in [1.82, 2.24) is 24.8 Å². The SMILES string of the molecule is CN(C)C(=O)c1cnc(Cl)nc1Cl.O=C(Cl)c1cnc(Cl)nc1Cl. The maximum Gasteiger partial charge on any atom is 0.258 e. The van der Waals surface area contributed by atoms with E-state index in [1.165, 1.54) is 17.3 Å². The summed E-state index contributed by atoms with van der Waals surface area (Å²) in [5.74, 6) is -0.248.